The lowest BCUT2D eigenvalue weighted by atomic mass is 10.1. The maximum atomic E-state index is 13.1. The predicted molar refractivity (Wildman–Crippen MR) is 63.1 cm³/mol. The molecule has 0 amide bonds. The number of carbonyl (C=O) groups is 1. The van der Waals surface area contributed by atoms with Crippen LogP contribution in [-0.4, -0.2) is 16.1 Å². The van der Waals surface area contributed by atoms with Crippen LogP contribution in [0.1, 0.15) is 11.3 Å². The Bertz CT molecular complexity index is 620. The fourth-order valence-corrected chi connectivity index (χ4v) is 1.66. The summed E-state index contributed by atoms with van der Waals surface area (Å²) in [6.07, 6.45) is 2.47. The summed E-state index contributed by atoms with van der Waals surface area (Å²) in [7, 11) is 0. The van der Waals surface area contributed by atoms with Crippen LogP contribution in [-0.2, 0) is 4.79 Å². The number of benzene rings is 1. The van der Waals surface area contributed by atoms with Crippen molar-refractivity contribution in [3.05, 3.63) is 47.4 Å². The first-order valence-corrected chi connectivity index (χ1v) is 5.04. The van der Waals surface area contributed by atoms with Gasteiger partial charge in [0.05, 0.1) is 5.52 Å². The van der Waals surface area contributed by atoms with E-state index in [1.165, 1.54) is 18.2 Å². The van der Waals surface area contributed by atoms with E-state index in [4.69, 9.17) is 5.11 Å². The molecule has 1 N–H and O–H groups in total. The molecule has 1 heterocycles. The zero-order valence-corrected chi connectivity index (χ0v) is 9.14. The van der Waals surface area contributed by atoms with Crippen LogP contribution in [0.2, 0.25) is 0 Å². The highest BCUT2D eigenvalue weighted by Gasteiger charge is 2.03. The molecule has 0 spiro atoms. The monoisotopic (exact) mass is 231 g/mol. The van der Waals surface area contributed by atoms with E-state index in [9.17, 15) is 9.18 Å². The largest absolute Gasteiger partial charge is 0.478 e. The van der Waals surface area contributed by atoms with E-state index in [0.29, 0.717) is 16.5 Å². The molecule has 0 aliphatic rings. The summed E-state index contributed by atoms with van der Waals surface area (Å²) in [4.78, 5) is 14.7. The van der Waals surface area contributed by atoms with Crippen LogP contribution >= 0.6 is 0 Å². The highest BCUT2D eigenvalue weighted by molar-refractivity contribution is 5.92. The quantitative estimate of drug-likeness (QED) is 0.808. The molecule has 4 heteroatoms. The molecular formula is C13H10FNO2. The van der Waals surface area contributed by atoms with Crippen LogP contribution in [0.4, 0.5) is 4.39 Å². The third-order valence-corrected chi connectivity index (χ3v) is 2.34. The zero-order valence-electron chi connectivity index (χ0n) is 9.14. The maximum Gasteiger partial charge on any atom is 0.328 e. The van der Waals surface area contributed by atoms with Gasteiger partial charge in [0, 0.05) is 17.2 Å². The van der Waals surface area contributed by atoms with E-state index in [0.717, 1.165) is 11.8 Å². The molecule has 1 aromatic carbocycles. The summed E-state index contributed by atoms with van der Waals surface area (Å²) in [6.45, 7) is 1.81. The molecule has 86 valence electrons. The Morgan fingerprint density at radius 2 is 2.18 bits per heavy atom. The number of carboxylic acids is 1. The number of halogens is 1. The number of rotatable bonds is 2. The topological polar surface area (TPSA) is 50.2 Å². The molecule has 3 nitrogen and oxygen atoms in total. The van der Waals surface area contributed by atoms with Crippen molar-refractivity contribution in [2.75, 3.05) is 0 Å². The summed E-state index contributed by atoms with van der Waals surface area (Å²) >= 11 is 0. The Kier molecular flexibility index (Phi) is 2.87. The zero-order chi connectivity index (χ0) is 12.4. The Morgan fingerprint density at radius 1 is 1.41 bits per heavy atom. The Balaban J connectivity index is 2.67. The van der Waals surface area contributed by atoms with Crippen molar-refractivity contribution >= 4 is 22.9 Å². The minimum Gasteiger partial charge on any atom is -0.478 e. The standard InChI is InChI=1S/C13H10FNO2/c1-8-6-9(2-5-13(16)17)11-7-10(14)3-4-12(11)15-8/h2-7H,1H3,(H,16,17)/b5-2+. The lowest BCUT2D eigenvalue weighted by Crippen LogP contribution is -1.90. The van der Waals surface area contributed by atoms with E-state index in [1.54, 1.807) is 19.1 Å². The van der Waals surface area contributed by atoms with Gasteiger partial charge in [0.1, 0.15) is 5.82 Å². The van der Waals surface area contributed by atoms with Gasteiger partial charge in [0.15, 0.2) is 0 Å². The molecule has 1 aromatic heterocycles. The lowest BCUT2D eigenvalue weighted by molar-refractivity contribution is -0.131. The van der Waals surface area contributed by atoms with Crippen LogP contribution in [0, 0.1) is 12.7 Å². The summed E-state index contributed by atoms with van der Waals surface area (Å²) in [5, 5.41) is 9.20. The SMILES string of the molecule is Cc1cc(/C=C/C(=O)O)c2cc(F)ccc2n1. The first-order chi connectivity index (χ1) is 8.06. The number of fused-ring (bicyclic) bond motifs is 1. The third kappa shape index (κ3) is 2.47. The van der Waals surface area contributed by atoms with Crippen LogP contribution in [0.5, 0.6) is 0 Å². The van der Waals surface area contributed by atoms with Crippen molar-refractivity contribution in [3.63, 3.8) is 0 Å². The average molecular weight is 231 g/mol. The summed E-state index contributed by atoms with van der Waals surface area (Å²) in [5.41, 5.74) is 2.06. The molecule has 0 radical (unpaired) electrons. The van der Waals surface area contributed by atoms with Crippen molar-refractivity contribution < 1.29 is 14.3 Å². The molecule has 0 atom stereocenters. The van der Waals surface area contributed by atoms with Gasteiger partial charge in [-0.1, -0.05) is 0 Å². The van der Waals surface area contributed by atoms with Gasteiger partial charge < -0.3 is 5.11 Å². The first-order valence-electron chi connectivity index (χ1n) is 5.04. The van der Waals surface area contributed by atoms with Gasteiger partial charge in [0.2, 0.25) is 0 Å². The molecule has 0 aliphatic carbocycles. The molecular weight excluding hydrogens is 221 g/mol. The molecule has 2 rings (SSSR count). The number of nitrogens with zero attached hydrogens (tertiary/aromatic N) is 1. The van der Waals surface area contributed by atoms with Gasteiger partial charge in [-0.25, -0.2) is 9.18 Å². The van der Waals surface area contributed by atoms with Crippen LogP contribution < -0.4 is 0 Å². The number of hydrogen-bond donors (Lipinski definition) is 1. The van der Waals surface area contributed by atoms with Crippen molar-refractivity contribution in [1.82, 2.24) is 4.98 Å². The number of pyridine rings is 1. The highest BCUT2D eigenvalue weighted by Crippen LogP contribution is 2.20. The van der Waals surface area contributed by atoms with Crippen LogP contribution in [0.25, 0.3) is 17.0 Å². The van der Waals surface area contributed by atoms with Gasteiger partial charge in [-0.05, 0) is 42.8 Å². The molecule has 0 bridgehead atoms. The maximum absolute atomic E-state index is 13.1. The van der Waals surface area contributed by atoms with Gasteiger partial charge in [0.25, 0.3) is 0 Å². The first kappa shape index (κ1) is 11.3. The van der Waals surface area contributed by atoms with Gasteiger partial charge in [-0.3, -0.25) is 4.98 Å². The van der Waals surface area contributed by atoms with E-state index >= 15 is 0 Å². The van der Waals surface area contributed by atoms with Gasteiger partial charge >= 0.3 is 5.97 Å². The Labute approximate surface area is 97.2 Å². The normalized spacial score (nSPS) is 11.2. The number of hydrogen-bond acceptors (Lipinski definition) is 2. The van der Waals surface area contributed by atoms with E-state index < -0.39 is 5.97 Å². The van der Waals surface area contributed by atoms with Crippen molar-refractivity contribution in [3.8, 4) is 0 Å². The van der Waals surface area contributed by atoms with Crippen molar-refractivity contribution in [1.29, 1.82) is 0 Å². The summed E-state index contributed by atoms with van der Waals surface area (Å²) in [6, 6.07) is 5.99. The Morgan fingerprint density at radius 3 is 2.88 bits per heavy atom. The average Bonchev–Trinajstić information content (AvgIpc) is 2.26. The van der Waals surface area contributed by atoms with Crippen LogP contribution in [0.15, 0.2) is 30.3 Å². The van der Waals surface area contributed by atoms with E-state index in [-0.39, 0.29) is 5.82 Å². The van der Waals surface area contributed by atoms with Gasteiger partial charge in [-0.15, -0.1) is 0 Å². The minimum absolute atomic E-state index is 0.367. The molecule has 0 aliphatic heterocycles. The predicted octanol–water partition coefficient (Wildman–Crippen LogP) is 2.78. The number of aliphatic carboxylic acids is 1. The van der Waals surface area contributed by atoms with Crippen molar-refractivity contribution in [2.24, 2.45) is 0 Å². The highest BCUT2D eigenvalue weighted by atomic mass is 19.1. The molecule has 0 saturated carbocycles. The number of aryl methyl sites for hydroxylation is 1. The van der Waals surface area contributed by atoms with Crippen LogP contribution in [0.3, 0.4) is 0 Å². The molecule has 2 aromatic rings. The lowest BCUT2D eigenvalue weighted by Gasteiger charge is -2.03. The van der Waals surface area contributed by atoms with Crippen molar-refractivity contribution in [2.45, 2.75) is 6.92 Å². The van der Waals surface area contributed by atoms with E-state index in [2.05, 4.69) is 4.98 Å². The fourth-order valence-electron chi connectivity index (χ4n) is 1.66. The molecule has 0 saturated heterocycles. The number of aromatic nitrogens is 1. The fraction of sp³-hybridized carbons (Fsp3) is 0.0769. The molecule has 0 unspecified atom stereocenters. The second-order valence-corrected chi connectivity index (χ2v) is 3.69. The minimum atomic E-state index is -1.04. The summed E-state index contributed by atoms with van der Waals surface area (Å²) in [5.74, 6) is -1.41. The smallest absolute Gasteiger partial charge is 0.328 e. The second-order valence-electron chi connectivity index (χ2n) is 3.69. The van der Waals surface area contributed by atoms with Gasteiger partial charge in [-0.2, -0.15) is 0 Å². The third-order valence-electron chi connectivity index (χ3n) is 2.34. The summed E-state index contributed by atoms with van der Waals surface area (Å²) < 4.78 is 13.1. The molecule has 17 heavy (non-hydrogen) atoms. The van der Waals surface area contributed by atoms with E-state index in [1.807, 2.05) is 0 Å². The molecule has 0 fully saturated rings. The number of carboxylic acid groups (broad SMARTS) is 1. The Hall–Kier alpha value is -2.23. The second kappa shape index (κ2) is 4.33.